The van der Waals surface area contributed by atoms with E-state index < -0.39 is 11.7 Å². The zero-order valence-corrected chi connectivity index (χ0v) is 19.3. The highest BCUT2D eigenvalue weighted by Crippen LogP contribution is 2.30. The number of amides is 1. The van der Waals surface area contributed by atoms with Crippen LogP contribution >= 0.6 is 24.0 Å². The summed E-state index contributed by atoms with van der Waals surface area (Å²) in [6.07, 6.45) is -3.08. The van der Waals surface area contributed by atoms with E-state index in [9.17, 15) is 18.0 Å². The number of guanidine groups is 1. The number of ether oxygens (including phenoxy) is 2. The average molecular weight is 544 g/mol. The molecule has 7 nitrogen and oxygen atoms in total. The van der Waals surface area contributed by atoms with Crippen molar-refractivity contribution in [1.82, 2.24) is 15.5 Å². The van der Waals surface area contributed by atoms with Gasteiger partial charge in [-0.1, -0.05) is 0 Å². The molecule has 2 N–H and O–H groups in total. The van der Waals surface area contributed by atoms with Gasteiger partial charge in [-0.15, -0.1) is 24.0 Å². The van der Waals surface area contributed by atoms with E-state index in [1.807, 2.05) is 0 Å². The number of nitrogens with zero attached hydrogens (tertiary/aromatic N) is 2. The SMILES string of the molecule is CCOC(=O)N1CCC(NC(=NC)NCCOc2ccc(C(F)(F)F)cc2)CC1.I. The summed E-state index contributed by atoms with van der Waals surface area (Å²) in [6, 6.07) is 4.76. The van der Waals surface area contributed by atoms with Crippen molar-refractivity contribution in [2.24, 2.45) is 4.99 Å². The molecule has 170 valence electrons. The van der Waals surface area contributed by atoms with Crippen LogP contribution in [0.3, 0.4) is 0 Å². The van der Waals surface area contributed by atoms with Crippen LogP contribution in [-0.2, 0) is 10.9 Å². The van der Waals surface area contributed by atoms with Crippen LogP contribution in [0.25, 0.3) is 0 Å². The third-order valence-electron chi connectivity index (χ3n) is 4.43. The Labute approximate surface area is 191 Å². The summed E-state index contributed by atoms with van der Waals surface area (Å²) >= 11 is 0. The second-order valence-corrected chi connectivity index (χ2v) is 6.47. The molecule has 0 atom stereocenters. The smallest absolute Gasteiger partial charge is 0.416 e. The molecular formula is C19H28F3IN4O3. The van der Waals surface area contributed by atoms with Crippen LogP contribution in [0.2, 0.25) is 0 Å². The number of carbonyl (C=O) groups excluding carboxylic acids is 1. The van der Waals surface area contributed by atoms with Crippen molar-refractivity contribution in [2.75, 3.05) is 39.9 Å². The van der Waals surface area contributed by atoms with E-state index in [1.54, 1.807) is 18.9 Å². The Morgan fingerprint density at radius 3 is 2.40 bits per heavy atom. The first-order valence-electron chi connectivity index (χ1n) is 9.52. The van der Waals surface area contributed by atoms with Crippen molar-refractivity contribution in [1.29, 1.82) is 0 Å². The van der Waals surface area contributed by atoms with E-state index in [2.05, 4.69) is 15.6 Å². The molecule has 0 unspecified atom stereocenters. The van der Waals surface area contributed by atoms with Crippen molar-refractivity contribution in [2.45, 2.75) is 32.0 Å². The summed E-state index contributed by atoms with van der Waals surface area (Å²) in [6.45, 7) is 4.08. The minimum absolute atomic E-state index is 0. The number of benzene rings is 1. The molecule has 1 saturated heterocycles. The molecule has 1 fully saturated rings. The van der Waals surface area contributed by atoms with E-state index in [0.717, 1.165) is 25.0 Å². The van der Waals surface area contributed by atoms with Gasteiger partial charge >= 0.3 is 12.3 Å². The summed E-state index contributed by atoms with van der Waals surface area (Å²) in [5, 5.41) is 6.40. The average Bonchev–Trinajstić information content (AvgIpc) is 2.70. The fraction of sp³-hybridized carbons (Fsp3) is 0.579. The lowest BCUT2D eigenvalue weighted by Gasteiger charge is -2.32. The molecule has 2 rings (SSSR count). The van der Waals surface area contributed by atoms with Crippen LogP contribution in [0.4, 0.5) is 18.0 Å². The van der Waals surface area contributed by atoms with E-state index in [0.29, 0.717) is 38.0 Å². The summed E-state index contributed by atoms with van der Waals surface area (Å²) < 4.78 is 48.1. The van der Waals surface area contributed by atoms with E-state index >= 15 is 0 Å². The molecule has 0 spiro atoms. The molecule has 1 aromatic rings. The van der Waals surface area contributed by atoms with Gasteiger partial charge in [0.1, 0.15) is 12.4 Å². The Morgan fingerprint density at radius 2 is 1.87 bits per heavy atom. The predicted molar refractivity (Wildman–Crippen MR) is 118 cm³/mol. The van der Waals surface area contributed by atoms with Gasteiger partial charge in [-0.3, -0.25) is 4.99 Å². The van der Waals surface area contributed by atoms with Crippen molar-refractivity contribution < 1.29 is 27.4 Å². The van der Waals surface area contributed by atoms with E-state index in [1.165, 1.54) is 12.1 Å². The van der Waals surface area contributed by atoms with Crippen LogP contribution in [0.15, 0.2) is 29.3 Å². The van der Waals surface area contributed by atoms with Crippen LogP contribution in [0, 0.1) is 0 Å². The Hall–Kier alpha value is -1.92. The molecule has 1 aliphatic rings. The van der Waals surface area contributed by atoms with Gasteiger partial charge < -0.3 is 25.0 Å². The fourth-order valence-corrected chi connectivity index (χ4v) is 2.89. The Kier molecular flexibility index (Phi) is 11.1. The van der Waals surface area contributed by atoms with Gasteiger partial charge in [0.15, 0.2) is 5.96 Å². The molecular weight excluding hydrogens is 516 g/mol. The lowest BCUT2D eigenvalue weighted by atomic mass is 10.1. The van der Waals surface area contributed by atoms with Crippen molar-refractivity contribution in [3.05, 3.63) is 29.8 Å². The number of hydrogen-bond donors (Lipinski definition) is 2. The van der Waals surface area contributed by atoms with Crippen molar-refractivity contribution in [3.63, 3.8) is 0 Å². The zero-order valence-electron chi connectivity index (χ0n) is 17.0. The number of alkyl halides is 3. The Balaban J connectivity index is 0.00000450. The van der Waals surface area contributed by atoms with Crippen LogP contribution in [0.5, 0.6) is 5.75 Å². The number of halogens is 4. The quantitative estimate of drug-likeness (QED) is 0.248. The first kappa shape index (κ1) is 26.1. The highest BCUT2D eigenvalue weighted by Gasteiger charge is 2.30. The molecule has 1 heterocycles. The standard InChI is InChI=1S/C19H27F3N4O3.HI/c1-3-28-18(27)26-11-8-15(9-12-26)25-17(23-2)24-10-13-29-16-6-4-14(5-7-16)19(20,21)22;/h4-7,15H,3,8-13H2,1-2H3,(H2,23,24,25);1H. The first-order chi connectivity index (χ1) is 13.8. The number of piperidine rings is 1. The number of rotatable bonds is 6. The molecule has 0 aliphatic carbocycles. The molecule has 0 radical (unpaired) electrons. The fourth-order valence-electron chi connectivity index (χ4n) is 2.89. The maximum absolute atomic E-state index is 12.5. The summed E-state index contributed by atoms with van der Waals surface area (Å²) in [5.41, 5.74) is -0.707. The van der Waals surface area contributed by atoms with Gasteiger partial charge in [0.25, 0.3) is 0 Å². The molecule has 0 bridgehead atoms. The summed E-state index contributed by atoms with van der Waals surface area (Å²) in [5.74, 6) is 0.977. The second-order valence-electron chi connectivity index (χ2n) is 6.47. The molecule has 1 aromatic carbocycles. The molecule has 11 heteroatoms. The van der Waals surface area contributed by atoms with E-state index in [4.69, 9.17) is 9.47 Å². The van der Waals surface area contributed by atoms with Gasteiger partial charge in [0.2, 0.25) is 0 Å². The highest BCUT2D eigenvalue weighted by molar-refractivity contribution is 14.0. The van der Waals surface area contributed by atoms with Gasteiger partial charge in [-0.2, -0.15) is 13.2 Å². The van der Waals surface area contributed by atoms with Crippen LogP contribution in [-0.4, -0.2) is 62.9 Å². The minimum Gasteiger partial charge on any atom is -0.492 e. The lowest BCUT2D eigenvalue weighted by Crippen LogP contribution is -2.50. The maximum atomic E-state index is 12.5. The van der Waals surface area contributed by atoms with Gasteiger partial charge in [-0.25, -0.2) is 4.79 Å². The zero-order chi connectivity index (χ0) is 21.3. The molecule has 0 aromatic heterocycles. The number of nitrogens with one attached hydrogen (secondary N) is 2. The van der Waals surface area contributed by atoms with Crippen LogP contribution < -0.4 is 15.4 Å². The third-order valence-corrected chi connectivity index (χ3v) is 4.43. The number of likely N-dealkylation sites (tertiary alicyclic amines) is 1. The predicted octanol–water partition coefficient (Wildman–Crippen LogP) is 3.49. The number of carbonyl (C=O) groups is 1. The second kappa shape index (κ2) is 12.7. The Bertz CT molecular complexity index is 679. The van der Waals surface area contributed by atoms with Crippen molar-refractivity contribution in [3.8, 4) is 5.75 Å². The molecule has 1 aliphatic heterocycles. The minimum atomic E-state index is -4.36. The Morgan fingerprint density at radius 1 is 1.23 bits per heavy atom. The summed E-state index contributed by atoms with van der Waals surface area (Å²) in [4.78, 5) is 17.6. The van der Waals surface area contributed by atoms with Gasteiger partial charge in [0, 0.05) is 26.2 Å². The third kappa shape index (κ3) is 8.44. The van der Waals surface area contributed by atoms with E-state index in [-0.39, 0.29) is 42.7 Å². The number of hydrogen-bond acceptors (Lipinski definition) is 4. The van der Waals surface area contributed by atoms with Gasteiger partial charge in [0.05, 0.1) is 18.7 Å². The molecule has 30 heavy (non-hydrogen) atoms. The topological polar surface area (TPSA) is 75.2 Å². The lowest BCUT2D eigenvalue weighted by molar-refractivity contribution is -0.137. The first-order valence-corrected chi connectivity index (χ1v) is 9.52. The largest absolute Gasteiger partial charge is 0.492 e. The van der Waals surface area contributed by atoms with Gasteiger partial charge in [-0.05, 0) is 44.0 Å². The molecule has 0 saturated carbocycles. The molecule has 1 amide bonds. The van der Waals surface area contributed by atoms with Crippen LogP contribution in [0.1, 0.15) is 25.3 Å². The maximum Gasteiger partial charge on any atom is 0.416 e. The van der Waals surface area contributed by atoms with Crippen molar-refractivity contribution >= 4 is 36.0 Å². The number of aliphatic imine (C=N–C) groups is 1. The highest BCUT2D eigenvalue weighted by atomic mass is 127. The summed E-state index contributed by atoms with van der Waals surface area (Å²) in [7, 11) is 1.65. The normalized spacial score (nSPS) is 15.2. The monoisotopic (exact) mass is 544 g/mol.